The molecule has 0 aromatic heterocycles. The van der Waals surface area contributed by atoms with E-state index in [2.05, 4.69) is 4.74 Å². The molecule has 2 N–H and O–H groups in total. The smallest absolute Gasteiger partial charge is 0.306 e. The molecule has 112 valence electrons. The molecule has 0 bridgehead atoms. The summed E-state index contributed by atoms with van der Waals surface area (Å²) >= 11 is 11.6. The van der Waals surface area contributed by atoms with Crippen molar-refractivity contribution in [3.05, 3.63) is 22.2 Å². The van der Waals surface area contributed by atoms with Crippen LogP contribution in [0.25, 0.3) is 0 Å². The summed E-state index contributed by atoms with van der Waals surface area (Å²) in [5.41, 5.74) is 5.61. The van der Waals surface area contributed by atoms with Gasteiger partial charge in [0.05, 0.1) is 24.2 Å². The van der Waals surface area contributed by atoms with E-state index in [0.29, 0.717) is 0 Å². The third kappa shape index (κ3) is 3.76. The normalized spacial score (nSPS) is 11.7. The number of nitrogen functional groups attached to an aromatic ring is 1. The maximum Gasteiger partial charge on any atom is 0.306 e. The molecule has 0 amide bonds. The fourth-order valence-electron chi connectivity index (χ4n) is 1.48. The second-order valence-corrected chi connectivity index (χ2v) is 6.78. The highest BCUT2D eigenvalue weighted by Gasteiger charge is 2.27. The molecule has 1 aromatic rings. The number of rotatable bonds is 5. The van der Waals surface area contributed by atoms with Crippen molar-refractivity contribution in [3.63, 3.8) is 0 Å². The number of ether oxygens (including phenoxy) is 1. The van der Waals surface area contributed by atoms with Gasteiger partial charge < -0.3 is 10.5 Å². The van der Waals surface area contributed by atoms with Crippen LogP contribution < -0.4 is 5.73 Å². The Kier molecular flexibility index (Phi) is 5.64. The molecular weight excluding hydrogens is 327 g/mol. The quantitative estimate of drug-likeness (QED) is 0.651. The first kappa shape index (κ1) is 17.0. The predicted octanol–water partition coefficient (Wildman–Crippen LogP) is 1.76. The van der Waals surface area contributed by atoms with Gasteiger partial charge in [-0.15, -0.1) is 0 Å². The molecular formula is C11H14Cl2N2O4S. The van der Waals surface area contributed by atoms with Crippen molar-refractivity contribution >= 4 is 44.9 Å². The highest BCUT2D eigenvalue weighted by atomic mass is 35.5. The zero-order chi connectivity index (χ0) is 15.5. The first-order valence-electron chi connectivity index (χ1n) is 5.47. The number of hydrogen-bond donors (Lipinski definition) is 1. The van der Waals surface area contributed by atoms with Gasteiger partial charge in [0.1, 0.15) is 4.90 Å². The molecule has 0 fully saturated rings. The van der Waals surface area contributed by atoms with Crippen molar-refractivity contribution in [3.8, 4) is 0 Å². The maximum atomic E-state index is 12.4. The summed E-state index contributed by atoms with van der Waals surface area (Å²) in [6.07, 6.45) is -0.0721. The topological polar surface area (TPSA) is 89.7 Å². The number of nitrogens with two attached hydrogens (primary N) is 1. The molecule has 0 unspecified atom stereocenters. The molecule has 9 heteroatoms. The van der Waals surface area contributed by atoms with Gasteiger partial charge >= 0.3 is 5.97 Å². The monoisotopic (exact) mass is 340 g/mol. The summed E-state index contributed by atoms with van der Waals surface area (Å²) < 4.78 is 30.1. The summed E-state index contributed by atoms with van der Waals surface area (Å²) in [5, 5.41) is 0.170. The van der Waals surface area contributed by atoms with Crippen LogP contribution in [0.5, 0.6) is 0 Å². The first-order valence-corrected chi connectivity index (χ1v) is 7.67. The minimum absolute atomic E-state index is 0.0482. The van der Waals surface area contributed by atoms with Crippen LogP contribution in [0.4, 0.5) is 5.69 Å². The van der Waals surface area contributed by atoms with Crippen molar-refractivity contribution in [1.82, 2.24) is 4.31 Å². The SMILES string of the molecule is COC(=O)CCN(C)S(=O)(=O)c1c(N)cc(Cl)cc1Cl. The number of anilines is 1. The average molecular weight is 341 g/mol. The zero-order valence-corrected chi connectivity index (χ0v) is 13.2. The molecule has 0 aliphatic carbocycles. The lowest BCUT2D eigenvalue weighted by atomic mass is 10.3. The van der Waals surface area contributed by atoms with E-state index in [9.17, 15) is 13.2 Å². The summed E-state index contributed by atoms with van der Waals surface area (Å²) in [5.74, 6) is -0.512. The van der Waals surface area contributed by atoms with Crippen LogP contribution in [-0.2, 0) is 19.6 Å². The summed E-state index contributed by atoms with van der Waals surface area (Å²) in [7, 11) is -1.36. The van der Waals surface area contributed by atoms with Crippen LogP contribution >= 0.6 is 23.2 Å². The van der Waals surface area contributed by atoms with Crippen LogP contribution in [-0.4, -0.2) is 39.4 Å². The molecule has 6 nitrogen and oxygen atoms in total. The van der Waals surface area contributed by atoms with Gasteiger partial charge in [-0.2, -0.15) is 0 Å². The molecule has 0 aliphatic rings. The number of benzene rings is 1. The van der Waals surface area contributed by atoms with E-state index in [1.54, 1.807) is 0 Å². The van der Waals surface area contributed by atoms with Crippen LogP contribution in [0.2, 0.25) is 10.0 Å². The third-order valence-corrected chi connectivity index (χ3v) is 5.17. The lowest BCUT2D eigenvalue weighted by molar-refractivity contribution is -0.140. The number of halogens is 2. The van der Waals surface area contributed by atoms with Gasteiger partial charge in [-0.25, -0.2) is 12.7 Å². The second-order valence-electron chi connectivity index (χ2n) is 3.96. The Labute approximate surface area is 127 Å². The van der Waals surface area contributed by atoms with Gasteiger partial charge in [-0.1, -0.05) is 23.2 Å². The number of hydrogen-bond acceptors (Lipinski definition) is 5. The fourth-order valence-corrected chi connectivity index (χ4v) is 3.59. The number of sulfonamides is 1. The third-order valence-electron chi connectivity index (χ3n) is 2.56. The highest BCUT2D eigenvalue weighted by Crippen LogP contribution is 2.32. The number of nitrogens with zero attached hydrogens (tertiary/aromatic N) is 1. The van der Waals surface area contributed by atoms with Crippen LogP contribution in [0, 0.1) is 0 Å². The van der Waals surface area contributed by atoms with Crippen molar-refractivity contribution in [1.29, 1.82) is 0 Å². The van der Waals surface area contributed by atoms with E-state index >= 15 is 0 Å². The first-order chi connectivity index (χ1) is 9.20. The minimum atomic E-state index is -3.91. The molecule has 0 radical (unpaired) electrons. The van der Waals surface area contributed by atoms with E-state index in [4.69, 9.17) is 28.9 Å². The minimum Gasteiger partial charge on any atom is -0.469 e. The number of carbonyl (C=O) groups is 1. The van der Waals surface area contributed by atoms with Gasteiger partial charge in [0.25, 0.3) is 0 Å². The summed E-state index contributed by atoms with van der Waals surface area (Å²) in [6.45, 7) is -0.0482. The largest absolute Gasteiger partial charge is 0.469 e. The molecule has 1 rings (SSSR count). The Morgan fingerprint density at radius 2 is 2.00 bits per heavy atom. The molecule has 0 atom stereocenters. The molecule has 0 saturated carbocycles. The number of methoxy groups -OCH3 is 1. The van der Waals surface area contributed by atoms with E-state index in [1.165, 1.54) is 26.3 Å². The Hall–Kier alpha value is -1.02. The second kappa shape index (κ2) is 6.62. The van der Waals surface area contributed by atoms with Gasteiger partial charge in [0.15, 0.2) is 0 Å². The maximum absolute atomic E-state index is 12.4. The van der Waals surface area contributed by atoms with E-state index in [-0.39, 0.29) is 33.6 Å². The lowest BCUT2D eigenvalue weighted by Crippen LogP contribution is -2.30. The van der Waals surface area contributed by atoms with Gasteiger partial charge in [0.2, 0.25) is 10.0 Å². The Balaban J connectivity index is 3.08. The van der Waals surface area contributed by atoms with Crippen molar-refractivity contribution in [2.24, 2.45) is 0 Å². The summed E-state index contributed by atoms with van der Waals surface area (Å²) in [6, 6.07) is 2.59. The zero-order valence-electron chi connectivity index (χ0n) is 10.9. The number of esters is 1. The predicted molar refractivity (Wildman–Crippen MR) is 77.3 cm³/mol. The van der Waals surface area contributed by atoms with Gasteiger partial charge in [-0.05, 0) is 12.1 Å². The Morgan fingerprint density at radius 3 is 2.50 bits per heavy atom. The van der Waals surface area contributed by atoms with Gasteiger partial charge in [-0.3, -0.25) is 4.79 Å². The van der Waals surface area contributed by atoms with E-state index in [0.717, 1.165) is 4.31 Å². The van der Waals surface area contributed by atoms with Crippen molar-refractivity contribution in [2.75, 3.05) is 26.4 Å². The Bertz CT molecular complexity index is 596. The lowest BCUT2D eigenvalue weighted by Gasteiger charge is -2.18. The molecule has 0 spiro atoms. The summed E-state index contributed by atoms with van der Waals surface area (Å²) in [4.78, 5) is 10.8. The average Bonchev–Trinajstić information content (AvgIpc) is 2.33. The van der Waals surface area contributed by atoms with E-state index in [1.807, 2.05) is 0 Å². The molecule has 0 aliphatic heterocycles. The number of carbonyl (C=O) groups excluding carboxylic acids is 1. The van der Waals surface area contributed by atoms with Crippen molar-refractivity contribution < 1.29 is 17.9 Å². The molecule has 1 aromatic carbocycles. The Morgan fingerprint density at radius 1 is 1.40 bits per heavy atom. The molecule has 20 heavy (non-hydrogen) atoms. The van der Waals surface area contributed by atoms with Crippen LogP contribution in [0.3, 0.4) is 0 Å². The molecule has 0 saturated heterocycles. The van der Waals surface area contributed by atoms with Gasteiger partial charge in [0, 0.05) is 18.6 Å². The highest BCUT2D eigenvalue weighted by molar-refractivity contribution is 7.89. The van der Waals surface area contributed by atoms with Crippen LogP contribution in [0.15, 0.2) is 17.0 Å². The fraction of sp³-hybridized carbons (Fsp3) is 0.364. The standard InChI is InChI=1S/C11H14Cl2N2O4S/c1-15(4-3-10(16)19-2)20(17,18)11-8(13)5-7(12)6-9(11)14/h5-6H,3-4,14H2,1-2H3. The van der Waals surface area contributed by atoms with Crippen molar-refractivity contribution in [2.45, 2.75) is 11.3 Å². The van der Waals surface area contributed by atoms with Crippen LogP contribution in [0.1, 0.15) is 6.42 Å². The molecule has 0 heterocycles. The van der Waals surface area contributed by atoms with E-state index < -0.39 is 16.0 Å².